The van der Waals surface area contributed by atoms with E-state index in [1.54, 1.807) is 11.8 Å². The van der Waals surface area contributed by atoms with Gasteiger partial charge >= 0.3 is 0 Å². The molecular formula is C15H24N4OS. The van der Waals surface area contributed by atoms with Gasteiger partial charge in [-0.3, -0.25) is 9.79 Å². The number of terminal acetylenes is 1. The average molecular weight is 308 g/mol. The molecule has 0 saturated carbocycles. The van der Waals surface area contributed by atoms with Crippen LogP contribution in [0.15, 0.2) is 4.99 Å². The van der Waals surface area contributed by atoms with E-state index in [0.717, 1.165) is 56.5 Å². The second kappa shape index (κ2) is 7.60. The minimum absolute atomic E-state index is 0.102. The first-order valence-electron chi connectivity index (χ1n) is 7.43. The molecule has 0 aromatic carbocycles. The summed E-state index contributed by atoms with van der Waals surface area (Å²) in [4.78, 5) is 18.2. The molecule has 2 fully saturated rings. The Hall–Kier alpha value is -1.35. The maximum Gasteiger partial charge on any atom is 0.220 e. The van der Waals surface area contributed by atoms with E-state index in [4.69, 9.17) is 6.42 Å². The standard InChI is InChI=1S/C15H24N4OS/c1-3-8-21-9-6-17-14(16-2)19-7-4-5-15(12-19)10-13(20)18-11-15/h1H,4-12H2,2H3,(H,16,17)(H,18,20). The molecule has 2 heterocycles. The molecule has 2 saturated heterocycles. The van der Waals surface area contributed by atoms with Crippen molar-refractivity contribution in [3.63, 3.8) is 0 Å². The zero-order valence-corrected chi connectivity index (χ0v) is 13.5. The van der Waals surface area contributed by atoms with Crippen LogP contribution in [0.5, 0.6) is 0 Å². The number of hydrogen-bond acceptors (Lipinski definition) is 3. The molecule has 1 spiro atoms. The summed E-state index contributed by atoms with van der Waals surface area (Å²) in [5.41, 5.74) is 0.102. The molecule has 5 nitrogen and oxygen atoms in total. The van der Waals surface area contributed by atoms with Crippen LogP contribution >= 0.6 is 11.8 Å². The van der Waals surface area contributed by atoms with E-state index in [2.05, 4.69) is 26.4 Å². The number of guanidine groups is 1. The Morgan fingerprint density at radius 1 is 1.67 bits per heavy atom. The molecule has 0 aromatic heterocycles. The molecule has 116 valence electrons. The van der Waals surface area contributed by atoms with Crippen LogP contribution in [-0.2, 0) is 4.79 Å². The van der Waals surface area contributed by atoms with E-state index in [9.17, 15) is 4.79 Å². The van der Waals surface area contributed by atoms with Gasteiger partial charge in [0, 0.05) is 50.8 Å². The number of hydrogen-bond donors (Lipinski definition) is 2. The van der Waals surface area contributed by atoms with Crippen LogP contribution < -0.4 is 10.6 Å². The van der Waals surface area contributed by atoms with Gasteiger partial charge in [-0.1, -0.05) is 5.92 Å². The number of thioether (sulfide) groups is 1. The third-order valence-corrected chi connectivity index (χ3v) is 4.95. The van der Waals surface area contributed by atoms with E-state index in [0.29, 0.717) is 6.42 Å². The SMILES string of the molecule is C#CCSCCNC(=NC)N1CCCC2(CNC(=O)C2)C1. The van der Waals surface area contributed by atoms with Gasteiger partial charge in [-0.25, -0.2) is 0 Å². The van der Waals surface area contributed by atoms with E-state index in [1.807, 2.05) is 7.05 Å². The molecular weight excluding hydrogens is 284 g/mol. The van der Waals surface area contributed by atoms with Crippen molar-refractivity contribution in [2.45, 2.75) is 19.3 Å². The molecule has 2 aliphatic rings. The Morgan fingerprint density at radius 2 is 2.52 bits per heavy atom. The molecule has 0 aliphatic carbocycles. The maximum atomic E-state index is 11.5. The summed E-state index contributed by atoms with van der Waals surface area (Å²) >= 11 is 1.74. The normalized spacial score (nSPS) is 25.8. The lowest BCUT2D eigenvalue weighted by molar-refractivity contribution is -0.119. The zero-order valence-electron chi connectivity index (χ0n) is 12.7. The third kappa shape index (κ3) is 4.31. The van der Waals surface area contributed by atoms with E-state index < -0.39 is 0 Å². The molecule has 21 heavy (non-hydrogen) atoms. The first-order chi connectivity index (χ1) is 10.2. The van der Waals surface area contributed by atoms with Crippen LogP contribution in [-0.4, -0.2) is 61.5 Å². The highest BCUT2D eigenvalue weighted by Crippen LogP contribution is 2.35. The van der Waals surface area contributed by atoms with Gasteiger partial charge in [0.2, 0.25) is 5.91 Å². The van der Waals surface area contributed by atoms with Crippen molar-refractivity contribution in [1.82, 2.24) is 15.5 Å². The van der Waals surface area contributed by atoms with E-state index in [-0.39, 0.29) is 11.3 Å². The lowest BCUT2D eigenvalue weighted by Gasteiger charge is -2.40. The fourth-order valence-corrected chi connectivity index (χ4v) is 3.64. The Morgan fingerprint density at radius 3 is 3.19 bits per heavy atom. The molecule has 0 aromatic rings. The van der Waals surface area contributed by atoms with Crippen molar-refractivity contribution < 1.29 is 4.79 Å². The molecule has 6 heteroatoms. The monoisotopic (exact) mass is 308 g/mol. The first-order valence-corrected chi connectivity index (χ1v) is 8.58. The van der Waals surface area contributed by atoms with Crippen molar-refractivity contribution in [3.05, 3.63) is 0 Å². The molecule has 0 radical (unpaired) electrons. The second-order valence-corrected chi connectivity index (χ2v) is 6.81. The Kier molecular flexibility index (Phi) is 5.80. The molecule has 2 N–H and O–H groups in total. The number of nitrogens with one attached hydrogen (secondary N) is 2. The van der Waals surface area contributed by atoms with Gasteiger partial charge in [-0.15, -0.1) is 18.2 Å². The summed E-state index contributed by atoms with van der Waals surface area (Å²) in [5.74, 6) is 5.48. The minimum Gasteiger partial charge on any atom is -0.355 e. The number of nitrogens with zero attached hydrogens (tertiary/aromatic N) is 2. The van der Waals surface area contributed by atoms with Crippen LogP contribution in [0.2, 0.25) is 0 Å². The summed E-state index contributed by atoms with van der Waals surface area (Å²) in [5, 5.41) is 6.37. The van der Waals surface area contributed by atoms with Gasteiger partial charge in [-0.05, 0) is 12.8 Å². The number of amides is 1. The number of carbonyl (C=O) groups is 1. The molecule has 2 aliphatic heterocycles. The third-order valence-electron chi connectivity index (χ3n) is 4.08. The molecule has 2 rings (SSSR count). The van der Waals surface area contributed by atoms with Gasteiger partial charge in [-0.2, -0.15) is 0 Å². The Balaban J connectivity index is 1.84. The van der Waals surface area contributed by atoms with Gasteiger partial charge in [0.15, 0.2) is 5.96 Å². The quantitative estimate of drug-likeness (QED) is 0.344. The summed E-state index contributed by atoms with van der Waals surface area (Å²) < 4.78 is 0. The van der Waals surface area contributed by atoms with Gasteiger partial charge in [0.25, 0.3) is 0 Å². The van der Waals surface area contributed by atoms with Crippen molar-refractivity contribution in [3.8, 4) is 12.3 Å². The highest BCUT2D eigenvalue weighted by Gasteiger charge is 2.42. The molecule has 1 amide bonds. The van der Waals surface area contributed by atoms with E-state index >= 15 is 0 Å². The van der Waals surface area contributed by atoms with Crippen LogP contribution in [0.3, 0.4) is 0 Å². The minimum atomic E-state index is 0.102. The summed E-state index contributed by atoms with van der Waals surface area (Å²) in [6.07, 6.45) is 8.12. The topological polar surface area (TPSA) is 56.7 Å². The number of likely N-dealkylation sites (tertiary alicyclic amines) is 1. The van der Waals surface area contributed by atoms with Crippen molar-refractivity contribution in [2.75, 3.05) is 44.7 Å². The zero-order chi connectivity index (χ0) is 15.1. The smallest absolute Gasteiger partial charge is 0.220 e. The fourth-order valence-electron chi connectivity index (χ4n) is 3.13. The summed E-state index contributed by atoms with van der Waals surface area (Å²) in [6.45, 7) is 3.58. The largest absolute Gasteiger partial charge is 0.355 e. The van der Waals surface area contributed by atoms with Crippen molar-refractivity contribution >= 4 is 23.6 Å². The highest BCUT2D eigenvalue weighted by atomic mass is 32.2. The Labute approximate surface area is 131 Å². The average Bonchev–Trinajstić information content (AvgIpc) is 2.83. The van der Waals surface area contributed by atoms with Crippen LogP contribution in [0.25, 0.3) is 0 Å². The van der Waals surface area contributed by atoms with Gasteiger partial charge < -0.3 is 15.5 Å². The molecule has 1 unspecified atom stereocenters. The predicted octanol–water partition coefficient (Wildman–Crippen LogP) is 0.530. The highest BCUT2D eigenvalue weighted by molar-refractivity contribution is 7.99. The number of rotatable bonds is 4. The number of piperidine rings is 1. The lowest BCUT2D eigenvalue weighted by atomic mass is 9.79. The van der Waals surface area contributed by atoms with Crippen LogP contribution in [0, 0.1) is 17.8 Å². The number of carbonyl (C=O) groups excluding carboxylic acids is 1. The van der Waals surface area contributed by atoms with Crippen molar-refractivity contribution in [2.24, 2.45) is 10.4 Å². The second-order valence-electron chi connectivity index (χ2n) is 5.71. The van der Waals surface area contributed by atoms with Gasteiger partial charge in [0.1, 0.15) is 0 Å². The molecule has 1 atom stereocenters. The molecule has 0 bridgehead atoms. The van der Waals surface area contributed by atoms with Crippen molar-refractivity contribution in [1.29, 1.82) is 0 Å². The maximum absolute atomic E-state index is 11.5. The van der Waals surface area contributed by atoms with Crippen LogP contribution in [0.4, 0.5) is 0 Å². The lowest BCUT2D eigenvalue weighted by Crippen LogP contribution is -2.51. The number of aliphatic imine (C=N–C) groups is 1. The Bertz CT molecular complexity index is 445. The van der Waals surface area contributed by atoms with Crippen LogP contribution in [0.1, 0.15) is 19.3 Å². The van der Waals surface area contributed by atoms with Gasteiger partial charge in [0.05, 0.1) is 5.75 Å². The van der Waals surface area contributed by atoms with E-state index in [1.165, 1.54) is 0 Å². The summed E-state index contributed by atoms with van der Waals surface area (Å²) in [7, 11) is 1.82. The summed E-state index contributed by atoms with van der Waals surface area (Å²) in [6, 6.07) is 0. The predicted molar refractivity (Wildman–Crippen MR) is 88.4 cm³/mol. The first kappa shape index (κ1) is 16.0. The fraction of sp³-hybridized carbons (Fsp3) is 0.733.